The predicted octanol–water partition coefficient (Wildman–Crippen LogP) is -6.51. The molecule has 0 aliphatic rings. The maximum atomic E-state index is 8.93. The molecule has 0 aromatic heterocycles. The van der Waals surface area contributed by atoms with Crippen LogP contribution in [0, 0.1) is 0 Å². The Morgan fingerprint density at radius 2 is 1.12 bits per heavy atom. The van der Waals surface area contributed by atoms with Gasteiger partial charge in [0.15, 0.2) is 0 Å². The average molecular weight is 179 g/mol. The Morgan fingerprint density at radius 1 is 1.00 bits per heavy atom. The van der Waals surface area contributed by atoms with Gasteiger partial charge in [-0.25, -0.2) is 0 Å². The van der Waals surface area contributed by atoms with Crippen LogP contribution in [0.15, 0.2) is 0 Å². The van der Waals surface area contributed by atoms with E-state index in [9.17, 15) is 0 Å². The van der Waals surface area contributed by atoms with Crippen LogP contribution in [0.1, 0.15) is 0 Å². The Balaban J connectivity index is -0.000000125. The molecule has 1 radical (unpaired) electrons. The minimum atomic E-state index is -2.19. The molecule has 0 saturated carbocycles. The van der Waals surface area contributed by atoms with Crippen molar-refractivity contribution in [2.75, 3.05) is 0 Å². The zero-order valence-corrected chi connectivity index (χ0v) is 5.22. The van der Waals surface area contributed by atoms with Gasteiger partial charge in [-0.3, -0.25) is 0 Å². The van der Waals surface area contributed by atoms with Crippen LogP contribution < -0.4 is 22.6 Å². The van der Waals surface area contributed by atoms with Gasteiger partial charge in [-0.05, 0) is 0 Å². The van der Waals surface area contributed by atoms with Crippen molar-refractivity contribution in [3.05, 3.63) is 0 Å². The van der Waals surface area contributed by atoms with E-state index in [1.807, 2.05) is 0 Å². The molecule has 0 heterocycles. The number of hydrogen-bond acceptors (Lipinski definition) is 4. The fraction of sp³-hybridized carbons (Fsp3) is 0. The van der Waals surface area contributed by atoms with Crippen LogP contribution in [0.25, 0.3) is 0 Å². The number of carbonyl (C=O) groups excluding carboxylic acids is 2. The van der Waals surface area contributed by atoms with Crippen molar-refractivity contribution in [1.82, 2.24) is 0 Å². The van der Waals surface area contributed by atoms with Crippen LogP contribution in [-0.4, -0.2) is 11.9 Å². The smallest absolute Gasteiger partial charge is 1.00 e. The first-order valence-electron chi connectivity index (χ1n) is 1.07. The topological polar surface area (TPSA) is 80.3 Å². The summed E-state index contributed by atoms with van der Waals surface area (Å²) in [6, 6.07) is 0. The molecule has 0 N–H and O–H groups in total. The van der Waals surface area contributed by atoms with Gasteiger partial charge in [-0.1, -0.05) is 0 Å². The summed E-state index contributed by atoms with van der Waals surface area (Å²) in [6.07, 6.45) is 0. The molecule has 6 heteroatoms. The SMILES string of the molecule is O=C([O-])C(=O)[O-].[Cl-].[Fe+3]. The fourth-order valence-corrected chi connectivity index (χ4v) is 0. The van der Waals surface area contributed by atoms with E-state index in [2.05, 4.69) is 0 Å². The number of rotatable bonds is 0. The van der Waals surface area contributed by atoms with E-state index in [0.717, 1.165) is 0 Å². The molecule has 0 unspecified atom stereocenters. The number of hydrogen-bond donors (Lipinski definition) is 0. The summed E-state index contributed by atoms with van der Waals surface area (Å²) in [4.78, 5) is 17.9. The summed E-state index contributed by atoms with van der Waals surface area (Å²) in [6.45, 7) is 0. The molecule has 47 valence electrons. The molecular formula is C2ClFeO4. The van der Waals surface area contributed by atoms with E-state index >= 15 is 0 Å². The number of carboxylic acid groups (broad SMARTS) is 2. The molecule has 0 saturated heterocycles. The Bertz CT molecular complexity index is 80.0. The molecule has 0 atom stereocenters. The number of carbonyl (C=O) groups is 2. The van der Waals surface area contributed by atoms with Gasteiger partial charge in [0.05, 0.1) is 11.9 Å². The van der Waals surface area contributed by atoms with Crippen molar-refractivity contribution in [3.8, 4) is 0 Å². The summed E-state index contributed by atoms with van der Waals surface area (Å²) in [7, 11) is 0. The zero-order valence-electron chi connectivity index (χ0n) is 3.36. The summed E-state index contributed by atoms with van der Waals surface area (Å²) in [5.74, 6) is -4.37. The van der Waals surface area contributed by atoms with E-state index in [1.54, 1.807) is 0 Å². The number of halogens is 1. The van der Waals surface area contributed by atoms with Crippen LogP contribution >= 0.6 is 0 Å². The van der Waals surface area contributed by atoms with Crippen LogP contribution in [0.3, 0.4) is 0 Å². The molecule has 0 bridgehead atoms. The summed E-state index contributed by atoms with van der Waals surface area (Å²) >= 11 is 0. The van der Waals surface area contributed by atoms with Gasteiger partial charge < -0.3 is 32.2 Å². The van der Waals surface area contributed by atoms with E-state index in [4.69, 9.17) is 19.8 Å². The maximum Gasteiger partial charge on any atom is 3.00 e. The van der Waals surface area contributed by atoms with Crippen molar-refractivity contribution >= 4 is 11.9 Å². The summed E-state index contributed by atoms with van der Waals surface area (Å²) in [5, 5.41) is 17.9. The quantitative estimate of drug-likeness (QED) is 0.273. The zero-order chi connectivity index (χ0) is 5.15. The van der Waals surface area contributed by atoms with E-state index < -0.39 is 11.9 Å². The van der Waals surface area contributed by atoms with E-state index in [1.165, 1.54) is 0 Å². The predicted molar refractivity (Wildman–Crippen MR) is 10.0 cm³/mol. The third-order valence-corrected chi connectivity index (χ3v) is 0.167. The Morgan fingerprint density at radius 3 is 1.12 bits per heavy atom. The first kappa shape index (κ1) is 15.7. The van der Waals surface area contributed by atoms with Crippen LogP contribution in [0.5, 0.6) is 0 Å². The molecule has 0 spiro atoms. The van der Waals surface area contributed by atoms with Crippen LogP contribution in [0.4, 0.5) is 0 Å². The van der Waals surface area contributed by atoms with Crippen LogP contribution in [0.2, 0.25) is 0 Å². The third kappa shape index (κ3) is 9.23. The van der Waals surface area contributed by atoms with Gasteiger partial charge in [0.2, 0.25) is 0 Å². The largest absolute Gasteiger partial charge is 3.00 e. The fourth-order valence-electron chi connectivity index (χ4n) is 0. The number of carboxylic acids is 2. The van der Waals surface area contributed by atoms with Gasteiger partial charge in [-0.2, -0.15) is 0 Å². The third-order valence-electron chi connectivity index (χ3n) is 0.167. The maximum absolute atomic E-state index is 8.93. The molecule has 0 fully saturated rings. The van der Waals surface area contributed by atoms with E-state index in [0.29, 0.717) is 0 Å². The Kier molecular flexibility index (Phi) is 13.2. The molecule has 8 heavy (non-hydrogen) atoms. The van der Waals surface area contributed by atoms with Gasteiger partial charge in [0.1, 0.15) is 0 Å². The Hall–Kier alpha value is -0.251. The second-order valence-corrected chi connectivity index (χ2v) is 0.575. The molecule has 0 aliphatic carbocycles. The minimum absolute atomic E-state index is 0. The number of aliphatic carboxylic acids is 2. The standard InChI is InChI=1S/C2H2O4.ClH.Fe/c3-1(4)2(5)6;;/h(H,3,4)(H,5,6);1H;/q;;+3/p-3. The first-order valence-corrected chi connectivity index (χ1v) is 1.07. The Labute approximate surface area is 61.8 Å². The molecule has 4 nitrogen and oxygen atoms in total. The van der Waals surface area contributed by atoms with Crippen molar-refractivity contribution in [1.29, 1.82) is 0 Å². The molecular weight excluding hydrogens is 179 g/mol. The van der Waals surface area contributed by atoms with Gasteiger partial charge >= 0.3 is 17.1 Å². The van der Waals surface area contributed by atoms with Crippen LogP contribution in [-0.2, 0) is 26.7 Å². The normalized spacial score (nSPS) is 5.50. The monoisotopic (exact) mass is 179 g/mol. The molecule has 0 aliphatic heterocycles. The van der Waals surface area contributed by atoms with Crippen molar-refractivity contribution in [2.24, 2.45) is 0 Å². The van der Waals surface area contributed by atoms with Gasteiger partial charge in [0.25, 0.3) is 0 Å². The van der Waals surface area contributed by atoms with Crippen molar-refractivity contribution in [3.63, 3.8) is 0 Å². The molecule has 0 aromatic rings. The van der Waals surface area contributed by atoms with E-state index in [-0.39, 0.29) is 29.5 Å². The summed E-state index contributed by atoms with van der Waals surface area (Å²) in [5.41, 5.74) is 0. The first-order chi connectivity index (χ1) is 2.64. The molecule has 0 rings (SSSR count). The van der Waals surface area contributed by atoms with Gasteiger partial charge in [0, 0.05) is 0 Å². The summed E-state index contributed by atoms with van der Waals surface area (Å²) < 4.78 is 0. The van der Waals surface area contributed by atoms with Gasteiger partial charge in [-0.15, -0.1) is 0 Å². The minimum Gasteiger partial charge on any atom is -1.00 e. The van der Waals surface area contributed by atoms with Crippen molar-refractivity contribution < 1.29 is 49.3 Å². The second-order valence-electron chi connectivity index (χ2n) is 0.575. The molecule has 0 amide bonds. The average Bonchev–Trinajstić information content (AvgIpc) is 1.36. The van der Waals surface area contributed by atoms with Crippen molar-refractivity contribution in [2.45, 2.75) is 0 Å². The molecule has 0 aromatic carbocycles. The second kappa shape index (κ2) is 6.75.